The molecule has 2 unspecified atom stereocenters. The zero-order valence-corrected chi connectivity index (χ0v) is 38.4. The van der Waals surface area contributed by atoms with Crippen molar-refractivity contribution in [2.45, 2.75) is 193 Å². The molecule has 1 amide bonds. The maximum Gasteiger partial charge on any atom is 0.220 e. The summed E-state index contributed by atoms with van der Waals surface area (Å²) >= 11 is 0. The van der Waals surface area contributed by atoms with Gasteiger partial charge in [0.2, 0.25) is 5.91 Å². The van der Waals surface area contributed by atoms with E-state index in [0.717, 1.165) is 103 Å². The number of hydrogen-bond acceptors (Lipinski definition) is 3. The topological polar surface area (TPSA) is 69.6 Å². The fraction of sp³-hybridized carbons (Fsp3) is 0.554. The van der Waals surface area contributed by atoms with Crippen molar-refractivity contribution in [1.82, 2.24) is 5.32 Å². The Morgan fingerprint density at radius 2 is 0.767 bits per heavy atom. The van der Waals surface area contributed by atoms with Crippen LogP contribution in [0.3, 0.4) is 0 Å². The summed E-state index contributed by atoms with van der Waals surface area (Å²) in [5.74, 6) is -0.0924. The molecule has 0 rings (SSSR count). The lowest BCUT2D eigenvalue weighted by Crippen LogP contribution is -2.45. The van der Waals surface area contributed by atoms with Crippen molar-refractivity contribution >= 4 is 5.91 Å². The maximum atomic E-state index is 12.3. The SMILES string of the molecule is C/C=C/CC/C=C/CC/C=C/C(O)C(CO)NC(=O)CCCCCCCCCCCCC/C=C\C/C=C\C/C=C\C/C=C\C/C=C\C/C=C\C/C=C\C/C=C\C/C=C\CC. The molecule has 2 atom stereocenters. The molecule has 0 heterocycles. The van der Waals surface area contributed by atoms with Gasteiger partial charge >= 0.3 is 0 Å². The smallest absolute Gasteiger partial charge is 0.220 e. The Morgan fingerprint density at radius 1 is 0.433 bits per heavy atom. The minimum Gasteiger partial charge on any atom is -0.394 e. The number of rotatable bonds is 41. The molecule has 4 nitrogen and oxygen atoms in total. The quantitative estimate of drug-likeness (QED) is 0.0425. The molecule has 336 valence electrons. The fourth-order valence-corrected chi connectivity index (χ4v) is 6.27. The van der Waals surface area contributed by atoms with Crippen LogP contribution in [0.15, 0.2) is 146 Å². The van der Waals surface area contributed by atoms with Gasteiger partial charge in [-0.3, -0.25) is 4.79 Å². The van der Waals surface area contributed by atoms with Gasteiger partial charge in [0.25, 0.3) is 0 Å². The molecule has 0 spiro atoms. The Morgan fingerprint density at radius 3 is 1.17 bits per heavy atom. The van der Waals surface area contributed by atoms with E-state index in [1.54, 1.807) is 6.08 Å². The number of nitrogens with one attached hydrogen (secondary N) is 1. The number of allylic oxidation sites excluding steroid dienone is 23. The zero-order chi connectivity index (χ0) is 43.5. The van der Waals surface area contributed by atoms with Crippen LogP contribution < -0.4 is 5.32 Å². The van der Waals surface area contributed by atoms with E-state index in [2.05, 4.69) is 146 Å². The molecule has 0 aliphatic rings. The molecular formula is C56H89NO3. The predicted molar refractivity (Wildman–Crippen MR) is 266 cm³/mol. The Bertz CT molecular complexity index is 1300. The fourth-order valence-electron chi connectivity index (χ4n) is 6.27. The number of aliphatic hydroxyl groups excluding tert-OH is 2. The van der Waals surface area contributed by atoms with Crippen LogP contribution in [-0.2, 0) is 4.79 Å². The van der Waals surface area contributed by atoms with E-state index in [1.807, 2.05) is 13.0 Å². The van der Waals surface area contributed by atoms with Gasteiger partial charge in [-0.25, -0.2) is 0 Å². The highest BCUT2D eigenvalue weighted by Gasteiger charge is 2.17. The Labute approximate surface area is 370 Å². The number of amides is 1. The molecule has 60 heavy (non-hydrogen) atoms. The average molecular weight is 824 g/mol. The maximum absolute atomic E-state index is 12.3. The van der Waals surface area contributed by atoms with Crippen molar-refractivity contribution in [3.8, 4) is 0 Å². The van der Waals surface area contributed by atoms with Crippen LogP contribution >= 0.6 is 0 Å². The lowest BCUT2D eigenvalue weighted by molar-refractivity contribution is -0.123. The molecule has 0 saturated heterocycles. The van der Waals surface area contributed by atoms with Gasteiger partial charge in [-0.1, -0.05) is 211 Å². The number of unbranched alkanes of at least 4 members (excludes halogenated alkanes) is 13. The second-order valence-corrected chi connectivity index (χ2v) is 15.4. The van der Waals surface area contributed by atoms with Gasteiger partial charge in [-0.2, -0.15) is 0 Å². The normalized spacial score (nSPS) is 14.3. The van der Waals surface area contributed by atoms with Crippen molar-refractivity contribution in [3.05, 3.63) is 146 Å². The highest BCUT2D eigenvalue weighted by molar-refractivity contribution is 5.76. The van der Waals surface area contributed by atoms with Crippen molar-refractivity contribution < 1.29 is 15.0 Å². The predicted octanol–water partition coefficient (Wildman–Crippen LogP) is 15.7. The van der Waals surface area contributed by atoms with Gasteiger partial charge in [-0.15, -0.1) is 0 Å². The van der Waals surface area contributed by atoms with E-state index in [-0.39, 0.29) is 12.5 Å². The summed E-state index contributed by atoms with van der Waals surface area (Å²) in [4.78, 5) is 12.3. The van der Waals surface area contributed by atoms with Crippen LogP contribution in [0.2, 0.25) is 0 Å². The van der Waals surface area contributed by atoms with Gasteiger partial charge in [0.1, 0.15) is 0 Å². The van der Waals surface area contributed by atoms with Gasteiger partial charge in [0, 0.05) is 6.42 Å². The van der Waals surface area contributed by atoms with Crippen LogP contribution in [0.4, 0.5) is 0 Å². The van der Waals surface area contributed by atoms with Crippen LogP contribution in [0.25, 0.3) is 0 Å². The van der Waals surface area contributed by atoms with E-state index in [1.165, 1.54) is 57.8 Å². The summed E-state index contributed by atoms with van der Waals surface area (Å²) < 4.78 is 0. The van der Waals surface area contributed by atoms with Gasteiger partial charge < -0.3 is 15.5 Å². The van der Waals surface area contributed by atoms with Crippen LogP contribution in [-0.4, -0.2) is 34.9 Å². The summed E-state index contributed by atoms with van der Waals surface area (Å²) in [5, 5.41) is 22.8. The van der Waals surface area contributed by atoms with E-state index < -0.39 is 12.1 Å². The first-order valence-electron chi connectivity index (χ1n) is 24.0. The molecular weight excluding hydrogens is 735 g/mol. The van der Waals surface area contributed by atoms with Crippen LogP contribution in [0.5, 0.6) is 0 Å². The molecule has 4 heteroatoms. The zero-order valence-electron chi connectivity index (χ0n) is 38.4. The highest BCUT2D eigenvalue weighted by atomic mass is 16.3. The molecule has 0 aliphatic heterocycles. The first kappa shape index (κ1) is 56.3. The molecule has 3 N–H and O–H groups in total. The second kappa shape index (κ2) is 49.6. The van der Waals surface area contributed by atoms with Crippen LogP contribution in [0, 0.1) is 0 Å². The van der Waals surface area contributed by atoms with Crippen molar-refractivity contribution in [3.63, 3.8) is 0 Å². The number of hydrogen-bond donors (Lipinski definition) is 3. The lowest BCUT2D eigenvalue weighted by atomic mass is 10.0. The van der Waals surface area contributed by atoms with E-state index in [9.17, 15) is 15.0 Å². The number of carbonyl (C=O) groups excluding carboxylic acids is 1. The van der Waals surface area contributed by atoms with E-state index >= 15 is 0 Å². The summed E-state index contributed by atoms with van der Waals surface area (Å²) in [7, 11) is 0. The second-order valence-electron chi connectivity index (χ2n) is 15.4. The van der Waals surface area contributed by atoms with Gasteiger partial charge in [0.15, 0.2) is 0 Å². The summed E-state index contributed by atoms with van der Waals surface area (Å²) in [6.07, 6.45) is 80.0. The van der Waals surface area contributed by atoms with Crippen LogP contribution in [0.1, 0.15) is 181 Å². The number of aliphatic hydroxyl groups is 2. The Balaban J connectivity index is 3.61. The van der Waals surface area contributed by atoms with E-state index in [4.69, 9.17) is 0 Å². The molecule has 0 aliphatic carbocycles. The van der Waals surface area contributed by atoms with Gasteiger partial charge in [-0.05, 0) is 110 Å². The average Bonchev–Trinajstić information content (AvgIpc) is 3.25. The first-order chi connectivity index (χ1) is 29.7. The van der Waals surface area contributed by atoms with Crippen molar-refractivity contribution in [1.29, 1.82) is 0 Å². The summed E-state index contributed by atoms with van der Waals surface area (Å²) in [6.45, 7) is 3.92. The van der Waals surface area contributed by atoms with E-state index in [0.29, 0.717) is 6.42 Å². The Kier molecular flexibility index (Phi) is 46.5. The summed E-state index contributed by atoms with van der Waals surface area (Å²) in [6, 6.07) is -0.654. The van der Waals surface area contributed by atoms with Crippen molar-refractivity contribution in [2.75, 3.05) is 6.61 Å². The molecule has 0 saturated carbocycles. The molecule has 0 aromatic carbocycles. The summed E-state index contributed by atoms with van der Waals surface area (Å²) in [5.41, 5.74) is 0. The highest BCUT2D eigenvalue weighted by Crippen LogP contribution is 2.13. The Hall–Kier alpha value is -3.73. The third-order valence-electron chi connectivity index (χ3n) is 9.88. The molecule has 0 aromatic rings. The standard InChI is InChI=1S/C56H89NO3/c1-3-5-7-9-11-13-14-15-16-17-18-19-20-21-22-23-24-25-26-27-28-29-30-31-32-33-34-35-36-37-38-39-40-41-42-44-46-48-50-52-56(60)57-54(53-58)55(59)51-49-47-45-43-12-10-8-6-4-2/h4-7,11-13,15-16,18-19,21-22,24-25,27-28,30-31,33-34,43,49,51,54-55,58-59H,3,8-10,14,17,20,23,26,29,32,35-42,44-48,50,52-53H2,1-2H3,(H,57,60)/b6-4+,7-5-,13-11-,16-15-,19-18-,22-21-,25-24-,28-27-,31-30-,34-33-,43-12+,51-49+. The van der Waals surface area contributed by atoms with Crippen molar-refractivity contribution in [2.24, 2.45) is 0 Å². The van der Waals surface area contributed by atoms with Gasteiger partial charge in [0.05, 0.1) is 18.8 Å². The third-order valence-corrected chi connectivity index (χ3v) is 9.88. The third kappa shape index (κ3) is 45.4. The molecule has 0 radical (unpaired) electrons. The minimum absolute atomic E-state index is 0.0924. The molecule has 0 aromatic heterocycles. The molecule has 0 fully saturated rings. The lowest BCUT2D eigenvalue weighted by Gasteiger charge is -2.19. The first-order valence-corrected chi connectivity index (χ1v) is 24.0. The number of carbonyl (C=O) groups is 1. The minimum atomic E-state index is -0.878. The monoisotopic (exact) mass is 824 g/mol. The largest absolute Gasteiger partial charge is 0.394 e. The molecule has 0 bridgehead atoms.